The summed E-state index contributed by atoms with van der Waals surface area (Å²) in [5.41, 5.74) is 13.0. The number of fused-ring (bicyclic) bond motifs is 7. The Labute approximate surface area is 362 Å². The maximum atomic E-state index is 2.43. The molecule has 1 nitrogen and oxygen atoms in total. The first-order valence-corrected chi connectivity index (χ1v) is 22.4. The summed E-state index contributed by atoms with van der Waals surface area (Å²) >= 11 is 3.74. The molecule has 0 spiro atoms. The van der Waals surface area contributed by atoms with Crippen LogP contribution in [0.25, 0.3) is 95.6 Å². The molecule has 0 fully saturated rings. The Kier molecular flexibility index (Phi) is 8.62. The average molecular weight is 812 g/mol. The Balaban J connectivity index is 0.991. The van der Waals surface area contributed by atoms with Gasteiger partial charge in [-0.3, -0.25) is 0 Å². The summed E-state index contributed by atoms with van der Waals surface area (Å²) in [5, 5.41) is 7.74. The zero-order chi connectivity index (χ0) is 40.3. The number of anilines is 3. The third-order valence-corrected chi connectivity index (χ3v) is 14.4. The first kappa shape index (κ1) is 35.6. The third-order valence-electron chi connectivity index (χ3n) is 12.1. The van der Waals surface area contributed by atoms with Crippen molar-refractivity contribution in [2.24, 2.45) is 0 Å². The Morgan fingerprint density at radius 2 is 0.852 bits per heavy atom. The van der Waals surface area contributed by atoms with E-state index in [4.69, 9.17) is 0 Å². The summed E-state index contributed by atoms with van der Waals surface area (Å²) in [6.07, 6.45) is 0. The smallest absolute Gasteiger partial charge is 0.0540 e. The number of para-hydroxylation sites is 1. The molecule has 0 amide bonds. The summed E-state index contributed by atoms with van der Waals surface area (Å²) in [5.74, 6) is 0. The van der Waals surface area contributed by atoms with Crippen LogP contribution in [-0.2, 0) is 0 Å². The molecule has 0 bridgehead atoms. The SMILES string of the molecule is c1cc(-c2cccc(N(c3ccc(-c4ccc5ccccc5c4)cc3)c3ccccc3-c3ccc4sc5ccccc5c4c3)c2)cc(-c2cccc3c2sc2ccccc23)c1. The number of rotatable bonds is 7. The van der Waals surface area contributed by atoms with Gasteiger partial charge in [0.15, 0.2) is 0 Å². The van der Waals surface area contributed by atoms with Gasteiger partial charge in [0.1, 0.15) is 0 Å². The molecular formula is C58H37NS2. The molecular weight excluding hydrogens is 775 g/mol. The number of hydrogen-bond acceptors (Lipinski definition) is 3. The van der Waals surface area contributed by atoms with E-state index in [1.54, 1.807) is 0 Å². The quantitative estimate of drug-likeness (QED) is 0.155. The molecule has 0 unspecified atom stereocenters. The molecule has 0 saturated carbocycles. The van der Waals surface area contributed by atoms with Gasteiger partial charge in [0.25, 0.3) is 0 Å². The van der Waals surface area contributed by atoms with E-state index in [-0.39, 0.29) is 0 Å². The van der Waals surface area contributed by atoms with Gasteiger partial charge in [0.05, 0.1) is 5.69 Å². The minimum atomic E-state index is 1.10. The van der Waals surface area contributed by atoms with Gasteiger partial charge in [-0.1, -0.05) is 158 Å². The van der Waals surface area contributed by atoms with Gasteiger partial charge in [-0.25, -0.2) is 0 Å². The van der Waals surface area contributed by atoms with Crippen molar-refractivity contribution in [1.29, 1.82) is 0 Å². The fourth-order valence-corrected chi connectivity index (χ4v) is 11.4. The van der Waals surface area contributed by atoms with Gasteiger partial charge in [0, 0.05) is 57.3 Å². The third kappa shape index (κ3) is 6.29. The van der Waals surface area contributed by atoms with E-state index in [1.165, 1.54) is 95.6 Å². The largest absolute Gasteiger partial charge is 0.310 e. The molecule has 0 atom stereocenters. The molecule has 0 aliphatic heterocycles. The van der Waals surface area contributed by atoms with Gasteiger partial charge in [-0.15, -0.1) is 22.7 Å². The van der Waals surface area contributed by atoms with Crippen molar-refractivity contribution in [3.05, 3.63) is 224 Å². The molecule has 0 aliphatic carbocycles. The highest BCUT2D eigenvalue weighted by Gasteiger charge is 2.19. The predicted octanol–water partition coefficient (Wildman–Crippen LogP) is 17.7. The topological polar surface area (TPSA) is 3.24 Å². The maximum Gasteiger partial charge on any atom is 0.0540 e. The van der Waals surface area contributed by atoms with E-state index >= 15 is 0 Å². The fraction of sp³-hybridized carbons (Fsp3) is 0. The van der Waals surface area contributed by atoms with E-state index in [1.807, 2.05) is 22.7 Å². The second-order valence-electron chi connectivity index (χ2n) is 15.7. The second kappa shape index (κ2) is 14.8. The van der Waals surface area contributed by atoms with Crippen LogP contribution in [0.3, 0.4) is 0 Å². The highest BCUT2D eigenvalue weighted by Crippen LogP contribution is 2.45. The summed E-state index contributed by atoms with van der Waals surface area (Å²) in [4.78, 5) is 2.43. The van der Waals surface area contributed by atoms with E-state index < -0.39 is 0 Å². The van der Waals surface area contributed by atoms with Crippen LogP contribution in [0.15, 0.2) is 224 Å². The average Bonchev–Trinajstić information content (AvgIpc) is 3.90. The van der Waals surface area contributed by atoms with Crippen molar-refractivity contribution in [3.8, 4) is 44.5 Å². The van der Waals surface area contributed by atoms with Crippen molar-refractivity contribution < 1.29 is 0 Å². The molecule has 12 aromatic rings. The number of thiophene rings is 2. The van der Waals surface area contributed by atoms with Crippen LogP contribution in [0.5, 0.6) is 0 Å². The molecule has 0 aliphatic rings. The van der Waals surface area contributed by atoms with Crippen LogP contribution in [0.1, 0.15) is 0 Å². The fourth-order valence-electron chi connectivity index (χ4n) is 9.07. The van der Waals surface area contributed by atoms with E-state index in [2.05, 4.69) is 229 Å². The Morgan fingerprint density at radius 1 is 0.279 bits per heavy atom. The lowest BCUT2D eigenvalue weighted by molar-refractivity contribution is 1.28. The highest BCUT2D eigenvalue weighted by atomic mass is 32.1. The monoisotopic (exact) mass is 811 g/mol. The van der Waals surface area contributed by atoms with Crippen LogP contribution in [-0.4, -0.2) is 0 Å². The minimum Gasteiger partial charge on any atom is -0.310 e. The molecule has 0 N–H and O–H groups in total. The zero-order valence-corrected chi connectivity index (χ0v) is 34.8. The molecule has 3 heteroatoms. The zero-order valence-electron chi connectivity index (χ0n) is 33.1. The first-order valence-electron chi connectivity index (χ1n) is 20.7. The highest BCUT2D eigenvalue weighted by molar-refractivity contribution is 7.26. The Hall–Kier alpha value is -7.30. The second-order valence-corrected chi connectivity index (χ2v) is 17.8. The molecule has 61 heavy (non-hydrogen) atoms. The van der Waals surface area contributed by atoms with Gasteiger partial charge >= 0.3 is 0 Å². The lowest BCUT2D eigenvalue weighted by Crippen LogP contribution is -2.11. The lowest BCUT2D eigenvalue weighted by Gasteiger charge is -2.28. The number of benzene rings is 10. The summed E-state index contributed by atoms with van der Waals surface area (Å²) < 4.78 is 5.28. The number of nitrogens with zero attached hydrogens (tertiary/aromatic N) is 1. The molecule has 2 aromatic heterocycles. The van der Waals surface area contributed by atoms with Crippen molar-refractivity contribution >= 4 is 90.9 Å². The van der Waals surface area contributed by atoms with E-state index in [0.717, 1.165) is 17.1 Å². The Morgan fingerprint density at radius 3 is 1.72 bits per heavy atom. The van der Waals surface area contributed by atoms with Crippen LogP contribution >= 0.6 is 22.7 Å². The molecule has 2 heterocycles. The summed E-state index contributed by atoms with van der Waals surface area (Å²) in [6, 6.07) is 82.5. The molecule has 286 valence electrons. The van der Waals surface area contributed by atoms with Gasteiger partial charge < -0.3 is 4.90 Å². The Bertz CT molecular complexity index is 3610. The number of hydrogen-bond donors (Lipinski definition) is 0. The summed E-state index contributed by atoms with van der Waals surface area (Å²) in [6.45, 7) is 0. The van der Waals surface area contributed by atoms with E-state index in [9.17, 15) is 0 Å². The predicted molar refractivity (Wildman–Crippen MR) is 266 cm³/mol. The summed E-state index contributed by atoms with van der Waals surface area (Å²) in [7, 11) is 0. The van der Waals surface area contributed by atoms with Crippen LogP contribution in [0.2, 0.25) is 0 Å². The van der Waals surface area contributed by atoms with Crippen molar-refractivity contribution in [2.75, 3.05) is 4.90 Å². The molecule has 12 rings (SSSR count). The van der Waals surface area contributed by atoms with Crippen molar-refractivity contribution in [2.45, 2.75) is 0 Å². The van der Waals surface area contributed by atoms with Gasteiger partial charge in [-0.05, 0) is 116 Å². The van der Waals surface area contributed by atoms with Gasteiger partial charge in [0.2, 0.25) is 0 Å². The van der Waals surface area contributed by atoms with Crippen molar-refractivity contribution in [3.63, 3.8) is 0 Å². The first-order chi connectivity index (χ1) is 30.2. The lowest BCUT2D eigenvalue weighted by atomic mass is 9.97. The van der Waals surface area contributed by atoms with Gasteiger partial charge in [-0.2, -0.15) is 0 Å². The van der Waals surface area contributed by atoms with Crippen LogP contribution in [0.4, 0.5) is 17.1 Å². The minimum absolute atomic E-state index is 1.10. The maximum absolute atomic E-state index is 2.43. The van der Waals surface area contributed by atoms with Crippen molar-refractivity contribution in [1.82, 2.24) is 0 Å². The molecule has 0 radical (unpaired) electrons. The molecule has 0 saturated heterocycles. The standard InChI is InChI=1S/C58H37NS2/c1-2-13-40-34-43(27-26-38(40)12-1)39-28-31-46(32-29-39)59(54-23-6-3-18-48(54)45-30-33-57-53(37-45)51-20-5-7-24-55(51)60-57)47-17-10-15-42(36-47)41-14-9-16-44(35-41)49-21-11-22-52-50-19-4-8-25-56(50)61-58(49)52/h1-37H. The van der Waals surface area contributed by atoms with Crippen LogP contribution < -0.4 is 4.90 Å². The van der Waals surface area contributed by atoms with E-state index in [0.29, 0.717) is 0 Å². The van der Waals surface area contributed by atoms with Crippen LogP contribution in [0, 0.1) is 0 Å². The molecule has 10 aromatic carbocycles. The normalized spacial score (nSPS) is 11.6.